The first kappa shape index (κ1) is 15.9. The van der Waals surface area contributed by atoms with Crippen LogP contribution in [0.1, 0.15) is 33.1 Å². The Hall–Kier alpha value is -0.440. The second kappa shape index (κ2) is 7.53. The molecule has 0 bridgehead atoms. The zero-order valence-corrected chi connectivity index (χ0v) is 13.8. The van der Waals surface area contributed by atoms with Gasteiger partial charge in [-0.3, -0.25) is 0 Å². The van der Waals surface area contributed by atoms with Crippen LogP contribution in [0.15, 0.2) is 18.2 Å². The highest BCUT2D eigenvalue weighted by molar-refractivity contribution is 6.39. The van der Waals surface area contributed by atoms with E-state index in [1.165, 1.54) is 38.9 Å². The summed E-state index contributed by atoms with van der Waals surface area (Å²) >= 11 is 12.5. The molecule has 0 aromatic heterocycles. The highest BCUT2D eigenvalue weighted by Crippen LogP contribution is 2.32. The number of anilines is 1. The van der Waals surface area contributed by atoms with E-state index in [0.717, 1.165) is 5.69 Å². The predicted molar refractivity (Wildman–Crippen MR) is 89.0 cm³/mol. The number of nitrogens with one attached hydrogen (secondary N) is 1. The molecule has 2 unspecified atom stereocenters. The van der Waals surface area contributed by atoms with Crippen LogP contribution in [-0.2, 0) is 0 Å². The normalized spacial score (nSPS) is 21.7. The number of likely N-dealkylation sites (tertiary alicyclic amines) is 1. The lowest BCUT2D eigenvalue weighted by molar-refractivity contribution is 0.165. The third-order valence-electron chi connectivity index (χ3n) is 4.12. The molecule has 2 nitrogen and oxygen atoms in total. The molecule has 1 aromatic carbocycles. The van der Waals surface area contributed by atoms with Crippen LogP contribution in [-0.4, -0.2) is 30.6 Å². The van der Waals surface area contributed by atoms with Gasteiger partial charge in [0.15, 0.2) is 0 Å². The summed E-state index contributed by atoms with van der Waals surface area (Å²) in [6, 6.07) is 6.02. The molecule has 20 heavy (non-hydrogen) atoms. The minimum atomic E-state index is 0.382. The third kappa shape index (κ3) is 4.03. The average Bonchev–Trinajstić information content (AvgIpc) is 2.43. The molecular formula is C16H24Cl2N2. The summed E-state index contributed by atoms with van der Waals surface area (Å²) in [5.74, 6) is 0.655. The van der Waals surface area contributed by atoms with Crippen LogP contribution in [0.25, 0.3) is 0 Å². The summed E-state index contributed by atoms with van der Waals surface area (Å²) in [6.45, 7) is 8.10. The van der Waals surface area contributed by atoms with Crippen LogP contribution in [0.4, 0.5) is 5.69 Å². The van der Waals surface area contributed by atoms with Gasteiger partial charge in [0.1, 0.15) is 0 Å². The van der Waals surface area contributed by atoms with Gasteiger partial charge in [-0.2, -0.15) is 0 Å². The van der Waals surface area contributed by atoms with E-state index < -0.39 is 0 Å². The highest BCUT2D eigenvalue weighted by Gasteiger charge is 2.24. The molecule has 112 valence electrons. The fraction of sp³-hybridized carbons (Fsp3) is 0.625. The van der Waals surface area contributed by atoms with Crippen molar-refractivity contribution in [2.45, 2.75) is 39.2 Å². The molecule has 2 atom stereocenters. The maximum Gasteiger partial charge on any atom is 0.0721 e. The lowest BCUT2D eigenvalue weighted by atomic mass is 9.91. The quantitative estimate of drug-likeness (QED) is 0.830. The lowest BCUT2D eigenvalue weighted by Gasteiger charge is -2.36. The number of halogens is 2. The Kier molecular flexibility index (Phi) is 6.01. The van der Waals surface area contributed by atoms with E-state index >= 15 is 0 Å². The van der Waals surface area contributed by atoms with E-state index in [9.17, 15) is 0 Å². The van der Waals surface area contributed by atoms with E-state index in [0.29, 0.717) is 22.0 Å². The fourth-order valence-electron chi connectivity index (χ4n) is 3.00. The van der Waals surface area contributed by atoms with Gasteiger partial charge in [0, 0.05) is 12.6 Å². The summed E-state index contributed by atoms with van der Waals surface area (Å²) in [4.78, 5) is 2.57. The monoisotopic (exact) mass is 314 g/mol. The summed E-state index contributed by atoms with van der Waals surface area (Å²) in [5, 5.41) is 4.92. The van der Waals surface area contributed by atoms with Crippen LogP contribution in [0.5, 0.6) is 0 Å². The topological polar surface area (TPSA) is 15.3 Å². The standard InChI is InChI=1S/C16H24Cl2N2/c1-3-9-20-10-5-6-13(11-20)12(2)19-16-14(17)7-4-8-15(16)18/h4,7-8,12-13,19H,3,5-6,9-11H2,1-2H3. The molecule has 2 rings (SSSR count). The smallest absolute Gasteiger partial charge is 0.0721 e. The van der Waals surface area contributed by atoms with Crippen molar-refractivity contribution in [2.24, 2.45) is 5.92 Å². The Morgan fingerprint density at radius 1 is 1.35 bits per heavy atom. The highest BCUT2D eigenvalue weighted by atomic mass is 35.5. The molecular weight excluding hydrogens is 291 g/mol. The van der Waals surface area contributed by atoms with Gasteiger partial charge in [-0.05, 0) is 57.3 Å². The van der Waals surface area contributed by atoms with Crippen molar-refractivity contribution in [3.8, 4) is 0 Å². The Balaban J connectivity index is 1.99. The average molecular weight is 315 g/mol. The molecule has 0 spiro atoms. The number of benzene rings is 1. The summed E-state index contributed by atoms with van der Waals surface area (Å²) in [7, 11) is 0. The molecule has 0 radical (unpaired) electrons. The van der Waals surface area contributed by atoms with Gasteiger partial charge in [0.25, 0.3) is 0 Å². The minimum Gasteiger partial charge on any atom is -0.380 e. The number of rotatable bonds is 5. The summed E-state index contributed by atoms with van der Waals surface area (Å²) < 4.78 is 0. The third-order valence-corrected chi connectivity index (χ3v) is 4.75. The van der Waals surface area contributed by atoms with Gasteiger partial charge in [-0.15, -0.1) is 0 Å². The second-order valence-corrected chi connectivity index (χ2v) is 6.55. The van der Waals surface area contributed by atoms with Gasteiger partial charge >= 0.3 is 0 Å². The Labute approximate surface area is 132 Å². The summed E-state index contributed by atoms with van der Waals surface area (Å²) in [5.41, 5.74) is 0.871. The molecule has 1 aliphatic heterocycles. The van der Waals surface area contributed by atoms with Crippen LogP contribution in [0.2, 0.25) is 10.0 Å². The maximum atomic E-state index is 6.23. The van der Waals surface area contributed by atoms with Gasteiger partial charge < -0.3 is 10.2 Å². The van der Waals surface area contributed by atoms with Gasteiger partial charge in [-0.25, -0.2) is 0 Å². The van der Waals surface area contributed by atoms with Crippen molar-refractivity contribution in [3.63, 3.8) is 0 Å². The minimum absolute atomic E-state index is 0.382. The molecule has 1 heterocycles. The predicted octanol–water partition coefficient (Wildman–Crippen LogP) is 4.92. The van der Waals surface area contributed by atoms with Crippen molar-refractivity contribution < 1.29 is 0 Å². The van der Waals surface area contributed by atoms with Crippen LogP contribution < -0.4 is 5.32 Å². The molecule has 1 aromatic rings. The van der Waals surface area contributed by atoms with Crippen LogP contribution in [0, 0.1) is 5.92 Å². The maximum absolute atomic E-state index is 6.23. The van der Waals surface area contributed by atoms with Gasteiger partial charge in [-0.1, -0.05) is 36.2 Å². The second-order valence-electron chi connectivity index (χ2n) is 5.73. The molecule has 0 saturated carbocycles. The molecule has 1 fully saturated rings. The van der Waals surface area contributed by atoms with Crippen molar-refractivity contribution in [1.82, 2.24) is 4.90 Å². The van der Waals surface area contributed by atoms with Crippen molar-refractivity contribution in [3.05, 3.63) is 28.2 Å². The van der Waals surface area contributed by atoms with Gasteiger partial charge in [0.05, 0.1) is 15.7 Å². The van der Waals surface area contributed by atoms with Crippen molar-refractivity contribution in [2.75, 3.05) is 25.0 Å². The molecule has 1 aliphatic rings. The van der Waals surface area contributed by atoms with Crippen LogP contribution in [0.3, 0.4) is 0 Å². The van der Waals surface area contributed by atoms with Crippen LogP contribution >= 0.6 is 23.2 Å². The van der Waals surface area contributed by atoms with Gasteiger partial charge in [0.2, 0.25) is 0 Å². The fourth-order valence-corrected chi connectivity index (χ4v) is 3.51. The summed E-state index contributed by atoms with van der Waals surface area (Å²) in [6.07, 6.45) is 3.79. The molecule has 4 heteroatoms. The first-order chi connectivity index (χ1) is 9.61. The van der Waals surface area contributed by atoms with E-state index in [4.69, 9.17) is 23.2 Å². The van der Waals surface area contributed by atoms with E-state index in [-0.39, 0.29) is 0 Å². The Morgan fingerprint density at radius 3 is 2.70 bits per heavy atom. The number of piperidine rings is 1. The first-order valence-corrected chi connectivity index (χ1v) is 8.30. The zero-order valence-electron chi connectivity index (χ0n) is 12.3. The number of hydrogen-bond acceptors (Lipinski definition) is 2. The molecule has 0 aliphatic carbocycles. The SMILES string of the molecule is CCCN1CCCC(C(C)Nc2c(Cl)cccc2Cl)C1. The van der Waals surface area contributed by atoms with Crippen molar-refractivity contribution >= 4 is 28.9 Å². The number of para-hydroxylation sites is 1. The molecule has 1 saturated heterocycles. The lowest BCUT2D eigenvalue weighted by Crippen LogP contribution is -2.42. The van der Waals surface area contributed by atoms with E-state index in [1.807, 2.05) is 18.2 Å². The van der Waals surface area contributed by atoms with E-state index in [2.05, 4.69) is 24.1 Å². The Bertz CT molecular complexity index is 414. The largest absolute Gasteiger partial charge is 0.380 e. The zero-order chi connectivity index (χ0) is 14.5. The van der Waals surface area contributed by atoms with Crippen molar-refractivity contribution in [1.29, 1.82) is 0 Å². The Morgan fingerprint density at radius 2 is 2.05 bits per heavy atom. The van der Waals surface area contributed by atoms with E-state index in [1.54, 1.807) is 0 Å². The number of nitrogens with zero attached hydrogens (tertiary/aromatic N) is 1. The molecule has 1 N–H and O–H groups in total. The first-order valence-electron chi connectivity index (χ1n) is 7.54. The number of hydrogen-bond donors (Lipinski definition) is 1. The molecule has 0 amide bonds.